The highest BCUT2D eigenvalue weighted by atomic mass is 35.5. The van der Waals surface area contributed by atoms with Crippen LogP contribution in [0.5, 0.6) is 0 Å². The van der Waals surface area contributed by atoms with Crippen molar-refractivity contribution >= 4 is 28.2 Å². The van der Waals surface area contributed by atoms with E-state index in [0.717, 1.165) is 41.4 Å². The SMILES string of the molecule is Cc1cc(N2C=C3CCCN3C2c2ccc3ncccc3c2)c(F)cc1Cl. The lowest BCUT2D eigenvalue weighted by Crippen LogP contribution is -2.31. The van der Waals surface area contributed by atoms with E-state index >= 15 is 0 Å². The van der Waals surface area contributed by atoms with Gasteiger partial charge in [0.2, 0.25) is 0 Å². The molecule has 0 spiro atoms. The zero-order valence-electron chi connectivity index (χ0n) is 15.0. The molecule has 2 aliphatic rings. The first-order valence-corrected chi connectivity index (χ1v) is 9.55. The number of aromatic nitrogens is 1. The van der Waals surface area contributed by atoms with Crippen molar-refractivity contribution in [2.45, 2.75) is 25.9 Å². The van der Waals surface area contributed by atoms with Crippen molar-refractivity contribution < 1.29 is 4.39 Å². The van der Waals surface area contributed by atoms with Gasteiger partial charge in [-0.3, -0.25) is 4.98 Å². The number of halogens is 2. The monoisotopic (exact) mass is 379 g/mol. The molecule has 3 heterocycles. The molecule has 1 unspecified atom stereocenters. The van der Waals surface area contributed by atoms with Crippen LogP contribution >= 0.6 is 11.6 Å². The molecular formula is C22H19ClFN3. The Morgan fingerprint density at radius 1 is 1.19 bits per heavy atom. The second-order valence-corrected chi connectivity index (χ2v) is 7.61. The Labute approximate surface area is 162 Å². The molecule has 2 aliphatic heterocycles. The molecule has 0 N–H and O–H groups in total. The van der Waals surface area contributed by atoms with Gasteiger partial charge in [0.15, 0.2) is 0 Å². The van der Waals surface area contributed by atoms with Crippen LogP contribution in [0.2, 0.25) is 5.02 Å². The Balaban J connectivity index is 1.65. The minimum absolute atomic E-state index is 0.0535. The number of aryl methyl sites for hydroxylation is 1. The molecular weight excluding hydrogens is 361 g/mol. The van der Waals surface area contributed by atoms with Crippen LogP contribution in [0.1, 0.15) is 30.1 Å². The summed E-state index contributed by atoms with van der Waals surface area (Å²) in [6.07, 6.45) is 6.00. The van der Waals surface area contributed by atoms with Crippen LogP contribution in [0.4, 0.5) is 10.1 Å². The Morgan fingerprint density at radius 3 is 2.96 bits per heavy atom. The average Bonchev–Trinajstić information content (AvgIpc) is 3.25. The van der Waals surface area contributed by atoms with Crippen LogP contribution in [0, 0.1) is 12.7 Å². The Morgan fingerprint density at radius 2 is 2.07 bits per heavy atom. The van der Waals surface area contributed by atoms with Crippen molar-refractivity contribution in [1.29, 1.82) is 0 Å². The summed E-state index contributed by atoms with van der Waals surface area (Å²) in [5, 5.41) is 1.55. The molecule has 5 rings (SSSR count). The van der Waals surface area contributed by atoms with E-state index in [0.29, 0.717) is 10.7 Å². The standard InChI is InChI=1S/C22H19ClFN3/c1-14-10-21(19(24)12-18(14)23)27-13-17-5-3-9-26(17)22(27)16-6-7-20-15(11-16)4-2-8-25-20/h2,4,6-8,10-13,22H,3,5,9H2,1H3. The van der Waals surface area contributed by atoms with Gasteiger partial charge < -0.3 is 9.80 Å². The van der Waals surface area contributed by atoms with Gasteiger partial charge in [0.1, 0.15) is 12.0 Å². The van der Waals surface area contributed by atoms with Crippen LogP contribution in [-0.4, -0.2) is 16.4 Å². The minimum atomic E-state index is -0.295. The quantitative estimate of drug-likeness (QED) is 0.561. The lowest BCUT2D eigenvalue weighted by Gasteiger charge is -2.33. The summed E-state index contributed by atoms with van der Waals surface area (Å²) in [6, 6.07) is 13.6. The highest BCUT2D eigenvalue weighted by molar-refractivity contribution is 6.31. The topological polar surface area (TPSA) is 19.4 Å². The molecule has 1 atom stereocenters. The van der Waals surface area contributed by atoms with Crippen LogP contribution in [-0.2, 0) is 0 Å². The average molecular weight is 380 g/mol. The van der Waals surface area contributed by atoms with Crippen LogP contribution in [0.15, 0.2) is 60.6 Å². The van der Waals surface area contributed by atoms with Crippen molar-refractivity contribution in [3.63, 3.8) is 0 Å². The number of allylic oxidation sites excluding steroid dienone is 1. The molecule has 0 bridgehead atoms. The van der Waals surface area contributed by atoms with Crippen molar-refractivity contribution in [3.8, 4) is 0 Å². The fraction of sp³-hybridized carbons (Fsp3) is 0.227. The lowest BCUT2D eigenvalue weighted by molar-refractivity contribution is 0.318. The maximum Gasteiger partial charge on any atom is 0.148 e. The summed E-state index contributed by atoms with van der Waals surface area (Å²) >= 11 is 6.12. The number of pyridine rings is 1. The minimum Gasteiger partial charge on any atom is -0.349 e. The molecule has 0 radical (unpaired) electrons. The molecule has 1 fully saturated rings. The summed E-state index contributed by atoms with van der Waals surface area (Å²) in [5.41, 5.74) is 4.80. The van der Waals surface area contributed by atoms with Gasteiger partial charge in [-0.05, 0) is 61.2 Å². The third-order valence-electron chi connectivity index (χ3n) is 5.48. The number of fused-ring (bicyclic) bond motifs is 2. The van der Waals surface area contributed by atoms with E-state index in [1.165, 1.54) is 11.8 Å². The van der Waals surface area contributed by atoms with Crippen molar-refractivity contribution in [2.75, 3.05) is 11.4 Å². The number of benzene rings is 2. The number of hydrogen-bond acceptors (Lipinski definition) is 3. The van der Waals surface area contributed by atoms with E-state index in [9.17, 15) is 4.39 Å². The van der Waals surface area contributed by atoms with Gasteiger partial charge in [-0.1, -0.05) is 23.7 Å². The van der Waals surface area contributed by atoms with E-state index in [4.69, 9.17) is 11.6 Å². The maximum absolute atomic E-state index is 14.8. The predicted molar refractivity (Wildman–Crippen MR) is 107 cm³/mol. The molecule has 3 aromatic rings. The van der Waals surface area contributed by atoms with E-state index < -0.39 is 0 Å². The van der Waals surface area contributed by atoms with E-state index in [-0.39, 0.29) is 12.0 Å². The first kappa shape index (κ1) is 16.6. The summed E-state index contributed by atoms with van der Waals surface area (Å²) in [4.78, 5) is 8.84. The first-order chi connectivity index (χ1) is 13.1. The highest BCUT2D eigenvalue weighted by Crippen LogP contribution is 2.44. The van der Waals surface area contributed by atoms with Gasteiger partial charge in [-0.2, -0.15) is 0 Å². The maximum atomic E-state index is 14.8. The van der Waals surface area contributed by atoms with Gasteiger partial charge in [0, 0.05) is 35.0 Å². The lowest BCUT2D eigenvalue weighted by atomic mass is 10.1. The second kappa shape index (κ2) is 6.24. The summed E-state index contributed by atoms with van der Waals surface area (Å²) in [6.45, 7) is 2.89. The Kier molecular flexibility index (Phi) is 3.83. The van der Waals surface area contributed by atoms with E-state index in [1.807, 2.05) is 30.0 Å². The summed E-state index contributed by atoms with van der Waals surface area (Å²) in [5.74, 6) is -0.295. The molecule has 1 aromatic heterocycles. The molecule has 2 aromatic carbocycles. The van der Waals surface area contributed by atoms with Gasteiger partial charge in [-0.25, -0.2) is 4.39 Å². The molecule has 27 heavy (non-hydrogen) atoms. The fourth-order valence-electron chi connectivity index (χ4n) is 4.15. The fourth-order valence-corrected chi connectivity index (χ4v) is 4.30. The van der Waals surface area contributed by atoms with E-state index in [1.54, 1.807) is 6.20 Å². The predicted octanol–water partition coefficient (Wildman–Crippen LogP) is 5.79. The molecule has 5 heteroatoms. The third-order valence-corrected chi connectivity index (χ3v) is 5.89. The Hall–Kier alpha value is -2.59. The van der Waals surface area contributed by atoms with Gasteiger partial charge in [0.05, 0.1) is 11.2 Å². The molecule has 1 saturated heterocycles. The zero-order chi connectivity index (χ0) is 18.5. The largest absolute Gasteiger partial charge is 0.349 e. The number of anilines is 1. The van der Waals surface area contributed by atoms with Crippen molar-refractivity contribution in [3.05, 3.63) is 82.5 Å². The molecule has 136 valence electrons. The van der Waals surface area contributed by atoms with Crippen LogP contribution < -0.4 is 4.90 Å². The Bertz CT molecular complexity index is 1080. The molecule has 3 nitrogen and oxygen atoms in total. The number of nitrogens with zero attached hydrogens (tertiary/aromatic N) is 3. The molecule has 0 saturated carbocycles. The normalized spacial score (nSPS) is 18.9. The zero-order valence-corrected chi connectivity index (χ0v) is 15.7. The molecule has 0 aliphatic carbocycles. The summed E-state index contributed by atoms with van der Waals surface area (Å²) < 4.78 is 14.8. The third kappa shape index (κ3) is 2.67. The van der Waals surface area contributed by atoms with Gasteiger partial charge in [-0.15, -0.1) is 0 Å². The first-order valence-electron chi connectivity index (χ1n) is 9.18. The number of hydrogen-bond donors (Lipinski definition) is 0. The second-order valence-electron chi connectivity index (χ2n) is 7.21. The smallest absolute Gasteiger partial charge is 0.148 e. The summed E-state index contributed by atoms with van der Waals surface area (Å²) in [7, 11) is 0. The van der Waals surface area contributed by atoms with Gasteiger partial charge >= 0.3 is 0 Å². The van der Waals surface area contributed by atoms with E-state index in [2.05, 4.69) is 34.3 Å². The molecule has 0 amide bonds. The van der Waals surface area contributed by atoms with Crippen LogP contribution in [0.3, 0.4) is 0 Å². The van der Waals surface area contributed by atoms with Crippen molar-refractivity contribution in [2.24, 2.45) is 0 Å². The number of rotatable bonds is 2. The van der Waals surface area contributed by atoms with Gasteiger partial charge in [0.25, 0.3) is 0 Å². The van der Waals surface area contributed by atoms with Crippen molar-refractivity contribution in [1.82, 2.24) is 9.88 Å². The van der Waals surface area contributed by atoms with Crippen LogP contribution in [0.25, 0.3) is 10.9 Å². The highest BCUT2D eigenvalue weighted by Gasteiger charge is 2.37.